The molecule has 27 heavy (non-hydrogen) atoms. The van der Waals surface area contributed by atoms with Crippen LogP contribution in [-0.2, 0) is 16.0 Å². The van der Waals surface area contributed by atoms with E-state index in [-0.39, 0.29) is 17.7 Å². The minimum Gasteiger partial charge on any atom is -0.491 e. The summed E-state index contributed by atoms with van der Waals surface area (Å²) in [5.41, 5.74) is 4.21. The highest BCUT2D eigenvalue weighted by atomic mass is 16.5. The number of amides is 1. The molecule has 1 aliphatic carbocycles. The van der Waals surface area contributed by atoms with Gasteiger partial charge in [0.15, 0.2) is 0 Å². The van der Waals surface area contributed by atoms with Crippen molar-refractivity contribution in [3.63, 3.8) is 0 Å². The summed E-state index contributed by atoms with van der Waals surface area (Å²) < 4.78 is 10.9. The summed E-state index contributed by atoms with van der Waals surface area (Å²) in [6.07, 6.45) is 2.71. The number of aliphatic hydroxyl groups is 1. The first-order valence-electron chi connectivity index (χ1n) is 9.62. The van der Waals surface area contributed by atoms with Crippen LogP contribution in [-0.4, -0.2) is 49.8 Å². The van der Waals surface area contributed by atoms with Crippen LogP contribution >= 0.6 is 0 Å². The van der Waals surface area contributed by atoms with E-state index in [2.05, 4.69) is 13.5 Å². The number of carbonyl (C=O) groups is 1. The lowest BCUT2D eigenvalue weighted by molar-refractivity contribution is -0.137. The van der Waals surface area contributed by atoms with Gasteiger partial charge in [0.2, 0.25) is 5.91 Å². The summed E-state index contributed by atoms with van der Waals surface area (Å²) in [7, 11) is 3.42. The Morgan fingerprint density at radius 1 is 1.44 bits per heavy atom. The molecule has 0 saturated carbocycles. The van der Waals surface area contributed by atoms with Crippen molar-refractivity contribution in [2.45, 2.75) is 39.7 Å². The summed E-state index contributed by atoms with van der Waals surface area (Å²) in [5.74, 6) is 0.468. The Morgan fingerprint density at radius 2 is 2.15 bits per heavy atom. The normalized spacial score (nSPS) is 19.9. The maximum atomic E-state index is 12.7. The van der Waals surface area contributed by atoms with Crippen LogP contribution in [0.4, 0.5) is 0 Å². The number of ether oxygens (including phenoxy) is 2. The fraction of sp³-hybridized carbons (Fsp3) is 0.591. The maximum Gasteiger partial charge on any atom is 0.225 e. The Bertz CT molecular complexity index is 685. The number of methoxy groups -OCH3 is 1. The molecular formula is C22H33NO4. The first kappa shape index (κ1) is 21.5. The molecular weight excluding hydrogens is 342 g/mol. The molecule has 1 aromatic carbocycles. The zero-order valence-electron chi connectivity index (χ0n) is 17.2. The first-order valence-corrected chi connectivity index (χ1v) is 9.62. The second-order valence-electron chi connectivity index (χ2n) is 7.49. The molecule has 0 aromatic heterocycles. The van der Waals surface area contributed by atoms with Crippen LogP contribution in [0.25, 0.3) is 0 Å². The lowest BCUT2D eigenvalue weighted by atomic mass is 9.72. The topological polar surface area (TPSA) is 59.0 Å². The molecule has 0 unspecified atom stereocenters. The Morgan fingerprint density at radius 3 is 2.78 bits per heavy atom. The number of aryl methyl sites for hydroxylation is 1. The van der Waals surface area contributed by atoms with E-state index >= 15 is 0 Å². The molecule has 0 aliphatic heterocycles. The Balaban J connectivity index is 2.30. The summed E-state index contributed by atoms with van der Waals surface area (Å²) in [5, 5.41) is 11.2. The highest BCUT2D eigenvalue weighted by molar-refractivity contribution is 5.79. The average molecular weight is 376 g/mol. The van der Waals surface area contributed by atoms with Crippen molar-refractivity contribution in [2.24, 2.45) is 11.8 Å². The van der Waals surface area contributed by atoms with Gasteiger partial charge in [0.25, 0.3) is 0 Å². The molecule has 0 radical (unpaired) electrons. The third-order valence-electron chi connectivity index (χ3n) is 5.71. The second-order valence-corrected chi connectivity index (χ2v) is 7.49. The van der Waals surface area contributed by atoms with Gasteiger partial charge in [-0.2, -0.15) is 0 Å². The number of carbonyl (C=O) groups excluding carboxylic acids is 1. The van der Waals surface area contributed by atoms with Crippen LogP contribution in [0.1, 0.15) is 41.7 Å². The summed E-state index contributed by atoms with van der Waals surface area (Å²) in [6.45, 7) is 11.2. The largest absolute Gasteiger partial charge is 0.491 e. The number of aliphatic hydroxyl groups excluding tert-OH is 1. The standard InChI is InChI=1S/C22H33NO4/c1-7-10-23(5)22(25)15(3)18-9-8-17-14(2)13-19(27-12-11-26-6)16(4)20(17)21(18)24/h7,13,15,18,21,24H,1,8-12H2,2-6H3/t15-,18+,21+/m0/s1. The van der Waals surface area contributed by atoms with Gasteiger partial charge in [-0.1, -0.05) is 13.0 Å². The molecule has 3 atom stereocenters. The number of fused-ring (bicyclic) bond motifs is 1. The predicted octanol–water partition coefficient (Wildman–Crippen LogP) is 3.20. The van der Waals surface area contributed by atoms with E-state index in [0.717, 1.165) is 35.3 Å². The zero-order chi connectivity index (χ0) is 20.1. The third-order valence-corrected chi connectivity index (χ3v) is 5.71. The van der Waals surface area contributed by atoms with Crippen LogP contribution in [0, 0.1) is 25.7 Å². The fourth-order valence-corrected chi connectivity index (χ4v) is 4.10. The number of rotatable bonds is 8. The molecule has 0 saturated heterocycles. The van der Waals surface area contributed by atoms with Gasteiger partial charge in [0.1, 0.15) is 12.4 Å². The third kappa shape index (κ3) is 4.53. The van der Waals surface area contributed by atoms with Gasteiger partial charge in [-0.25, -0.2) is 0 Å². The van der Waals surface area contributed by atoms with Gasteiger partial charge in [-0.05, 0) is 55.0 Å². The predicted molar refractivity (Wildman–Crippen MR) is 107 cm³/mol. The van der Waals surface area contributed by atoms with E-state index in [1.54, 1.807) is 25.1 Å². The average Bonchev–Trinajstić information content (AvgIpc) is 2.64. The molecule has 0 spiro atoms. The van der Waals surface area contributed by atoms with E-state index in [0.29, 0.717) is 19.8 Å². The summed E-state index contributed by atoms with van der Waals surface area (Å²) in [6, 6.07) is 2.04. The molecule has 5 heteroatoms. The molecule has 0 heterocycles. The number of benzene rings is 1. The minimum absolute atomic E-state index is 0.0456. The molecule has 150 valence electrons. The van der Waals surface area contributed by atoms with Gasteiger partial charge in [-0.15, -0.1) is 6.58 Å². The molecule has 1 amide bonds. The lowest BCUT2D eigenvalue weighted by Crippen LogP contribution is -2.39. The van der Waals surface area contributed by atoms with Crippen molar-refractivity contribution in [1.82, 2.24) is 4.90 Å². The van der Waals surface area contributed by atoms with Crippen molar-refractivity contribution in [1.29, 1.82) is 0 Å². The SMILES string of the molecule is C=CCN(C)C(=O)[C@@H](C)[C@H]1CCc2c(C)cc(OCCOC)c(C)c2[C@@H]1O. The summed E-state index contributed by atoms with van der Waals surface area (Å²) in [4.78, 5) is 14.4. The van der Waals surface area contributed by atoms with E-state index in [9.17, 15) is 9.90 Å². The lowest BCUT2D eigenvalue weighted by Gasteiger charge is -2.37. The first-order chi connectivity index (χ1) is 12.8. The van der Waals surface area contributed by atoms with Gasteiger partial charge in [0, 0.05) is 32.5 Å². The zero-order valence-corrected chi connectivity index (χ0v) is 17.2. The highest BCUT2D eigenvalue weighted by Crippen LogP contribution is 2.44. The van der Waals surface area contributed by atoms with Crippen molar-refractivity contribution in [3.05, 3.63) is 41.0 Å². The minimum atomic E-state index is -0.672. The Kier molecular flexibility index (Phi) is 7.45. The fourth-order valence-electron chi connectivity index (χ4n) is 4.10. The molecule has 0 fully saturated rings. The quantitative estimate of drug-likeness (QED) is 0.560. The molecule has 1 N–H and O–H groups in total. The van der Waals surface area contributed by atoms with Crippen molar-refractivity contribution >= 4 is 5.91 Å². The molecule has 0 bridgehead atoms. The van der Waals surface area contributed by atoms with Crippen LogP contribution < -0.4 is 4.74 Å². The van der Waals surface area contributed by atoms with Gasteiger partial charge >= 0.3 is 0 Å². The number of likely N-dealkylation sites (N-methyl/N-ethyl adjacent to an activating group) is 1. The van der Waals surface area contributed by atoms with Crippen molar-refractivity contribution in [3.8, 4) is 5.75 Å². The van der Waals surface area contributed by atoms with Crippen LogP contribution in [0.15, 0.2) is 18.7 Å². The van der Waals surface area contributed by atoms with Crippen molar-refractivity contribution in [2.75, 3.05) is 33.9 Å². The number of nitrogens with zero attached hydrogens (tertiary/aromatic N) is 1. The van der Waals surface area contributed by atoms with E-state index in [1.165, 1.54) is 5.56 Å². The van der Waals surface area contributed by atoms with E-state index in [4.69, 9.17) is 9.47 Å². The monoisotopic (exact) mass is 375 g/mol. The second kappa shape index (κ2) is 9.38. The number of hydrogen-bond acceptors (Lipinski definition) is 4. The molecule has 1 aliphatic rings. The molecule has 2 rings (SSSR count). The highest BCUT2D eigenvalue weighted by Gasteiger charge is 2.37. The smallest absolute Gasteiger partial charge is 0.225 e. The Labute approximate surface area is 163 Å². The van der Waals surface area contributed by atoms with Crippen LogP contribution in [0.2, 0.25) is 0 Å². The van der Waals surface area contributed by atoms with E-state index < -0.39 is 6.10 Å². The van der Waals surface area contributed by atoms with E-state index in [1.807, 2.05) is 19.9 Å². The maximum absolute atomic E-state index is 12.7. The summed E-state index contributed by atoms with van der Waals surface area (Å²) >= 11 is 0. The van der Waals surface area contributed by atoms with Gasteiger partial charge in [-0.3, -0.25) is 4.79 Å². The molecule has 1 aromatic rings. The van der Waals surface area contributed by atoms with Gasteiger partial charge < -0.3 is 19.5 Å². The number of hydrogen-bond donors (Lipinski definition) is 1. The van der Waals surface area contributed by atoms with Gasteiger partial charge in [0.05, 0.1) is 12.7 Å². The van der Waals surface area contributed by atoms with Crippen molar-refractivity contribution < 1.29 is 19.4 Å². The van der Waals surface area contributed by atoms with Crippen LogP contribution in [0.3, 0.4) is 0 Å². The van der Waals surface area contributed by atoms with Crippen LogP contribution in [0.5, 0.6) is 5.75 Å². The molecule has 5 nitrogen and oxygen atoms in total. The Hall–Kier alpha value is -1.85.